The fourth-order valence-electron chi connectivity index (χ4n) is 7.82. The first-order valence-electron chi connectivity index (χ1n) is 18.5. The maximum Gasteiger partial charge on any atom is 0.328 e. The molecule has 1 aromatic heterocycles. The highest BCUT2D eigenvalue weighted by Gasteiger charge is 2.31. The number of piperidine rings is 2. The molecule has 3 saturated heterocycles. The van der Waals surface area contributed by atoms with Gasteiger partial charge >= 0.3 is 6.03 Å². The smallest absolute Gasteiger partial charge is 0.328 e. The van der Waals surface area contributed by atoms with Gasteiger partial charge in [0, 0.05) is 93.7 Å². The van der Waals surface area contributed by atoms with E-state index in [1.54, 1.807) is 38.6 Å². The van der Waals surface area contributed by atoms with E-state index in [-0.39, 0.29) is 37.0 Å². The van der Waals surface area contributed by atoms with E-state index in [1.807, 2.05) is 29.1 Å². The number of anilines is 1. The van der Waals surface area contributed by atoms with E-state index < -0.39 is 6.03 Å². The van der Waals surface area contributed by atoms with E-state index in [9.17, 15) is 14.4 Å². The average molecular weight is 737 g/mol. The third-order valence-corrected chi connectivity index (χ3v) is 10.9. The molecule has 4 amide bonds. The normalized spacial score (nSPS) is 18.6. The lowest BCUT2D eigenvalue weighted by Gasteiger charge is -2.37. The Hall–Kier alpha value is -5.40. The van der Waals surface area contributed by atoms with Gasteiger partial charge in [0.25, 0.3) is 5.91 Å². The minimum atomic E-state index is -0.523. The van der Waals surface area contributed by atoms with Crippen molar-refractivity contribution < 1.29 is 33.3 Å². The van der Waals surface area contributed by atoms with Crippen LogP contribution in [-0.4, -0.2) is 111 Å². The van der Waals surface area contributed by atoms with E-state index in [1.165, 1.54) is 12.0 Å². The number of imide groups is 1. The summed E-state index contributed by atoms with van der Waals surface area (Å²) in [6.45, 7) is 8.10. The van der Waals surface area contributed by atoms with E-state index in [0.29, 0.717) is 36.6 Å². The minimum absolute atomic E-state index is 0.0885. The predicted molar refractivity (Wildman–Crippen MR) is 204 cm³/mol. The molecule has 0 radical (unpaired) electrons. The number of urea groups is 1. The summed E-state index contributed by atoms with van der Waals surface area (Å²) in [5, 5.41) is 2.33. The van der Waals surface area contributed by atoms with Gasteiger partial charge in [0.2, 0.25) is 5.91 Å². The number of benzene rings is 2. The molecule has 7 rings (SSSR count). The Morgan fingerprint density at radius 2 is 1.54 bits per heavy atom. The molecule has 0 saturated carbocycles. The number of pyridine rings is 1. The monoisotopic (exact) mass is 736 g/mol. The van der Waals surface area contributed by atoms with Crippen molar-refractivity contribution in [3.8, 4) is 17.2 Å². The van der Waals surface area contributed by atoms with E-state index in [4.69, 9.17) is 18.9 Å². The Morgan fingerprint density at radius 3 is 2.19 bits per heavy atom. The summed E-state index contributed by atoms with van der Waals surface area (Å²) in [7, 11) is 6.91. The SMILES string of the molecule is C=C1c2cnccc2C(c2cc(OC)c(CN3CCC(OC4CCN(C(=O)c5ccc(OC)c(N6CCC(=O)NC6=O)c5)CC4)CC3)c(OC)c2)=CN1C. The number of likely N-dealkylation sites (tertiary alicyclic amines) is 2. The van der Waals surface area contributed by atoms with Gasteiger partial charge in [-0.25, -0.2) is 4.79 Å². The summed E-state index contributed by atoms with van der Waals surface area (Å²) in [6.07, 6.45) is 9.52. The molecule has 0 bridgehead atoms. The number of carbonyl (C=O) groups excluding carboxylic acids is 3. The molecule has 4 aliphatic heterocycles. The second-order valence-corrected chi connectivity index (χ2v) is 14.1. The third-order valence-electron chi connectivity index (χ3n) is 10.9. The first-order valence-corrected chi connectivity index (χ1v) is 18.5. The molecule has 0 unspecified atom stereocenters. The van der Waals surface area contributed by atoms with Crippen LogP contribution in [0, 0.1) is 0 Å². The molecule has 3 fully saturated rings. The van der Waals surface area contributed by atoms with Gasteiger partial charge in [-0.15, -0.1) is 0 Å². The van der Waals surface area contributed by atoms with Crippen LogP contribution in [0.3, 0.4) is 0 Å². The summed E-state index contributed by atoms with van der Waals surface area (Å²) >= 11 is 0. The van der Waals surface area contributed by atoms with Gasteiger partial charge in [-0.05, 0) is 73.2 Å². The predicted octanol–water partition coefficient (Wildman–Crippen LogP) is 5.14. The summed E-state index contributed by atoms with van der Waals surface area (Å²) in [6, 6.07) is 10.8. The molecule has 2 aromatic carbocycles. The fourth-order valence-corrected chi connectivity index (χ4v) is 7.82. The largest absolute Gasteiger partial charge is 0.496 e. The van der Waals surface area contributed by atoms with Crippen molar-refractivity contribution in [2.75, 3.05) is 66.0 Å². The maximum absolute atomic E-state index is 13.6. The summed E-state index contributed by atoms with van der Waals surface area (Å²) in [5.41, 5.74) is 6.97. The molecule has 13 nitrogen and oxygen atoms in total. The van der Waals surface area contributed by atoms with Crippen molar-refractivity contribution in [3.05, 3.63) is 89.4 Å². The molecule has 0 aliphatic carbocycles. The quantitative estimate of drug-likeness (QED) is 0.299. The van der Waals surface area contributed by atoms with Crippen LogP contribution in [-0.2, 0) is 16.1 Å². The topological polar surface area (TPSA) is 126 Å². The lowest BCUT2D eigenvalue weighted by atomic mass is 9.90. The molecular weight excluding hydrogens is 688 g/mol. The molecule has 284 valence electrons. The zero-order valence-corrected chi connectivity index (χ0v) is 31.4. The number of hydrogen-bond acceptors (Lipinski definition) is 10. The van der Waals surface area contributed by atoms with Gasteiger partial charge in [0.1, 0.15) is 17.2 Å². The number of amides is 4. The molecule has 4 aliphatic rings. The Kier molecular flexibility index (Phi) is 10.9. The molecule has 3 aromatic rings. The highest BCUT2D eigenvalue weighted by Crippen LogP contribution is 2.41. The lowest BCUT2D eigenvalue weighted by Crippen LogP contribution is -2.49. The molecule has 0 atom stereocenters. The van der Waals surface area contributed by atoms with Gasteiger partial charge in [0.05, 0.1) is 44.8 Å². The van der Waals surface area contributed by atoms with E-state index in [2.05, 4.69) is 40.1 Å². The van der Waals surface area contributed by atoms with Crippen LogP contribution < -0.4 is 24.4 Å². The van der Waals surface area contributed by atoms with E-state index in [0.717, 1.165) is 83.8 Å². The molecule has 5 heterocycles. The molecule has 0 spiro atoms. The number of nitrogens with zero attached hydrogens (tertiary/aromatic N) is 5. The Balaban J connectivity index is 0.932. The first-order chi connectivity index (χ1) is 26.2. The molecular formula is C41H48N6O7. The lowest BCUT2D eigenvalue weighted by molar-refractivity contribution is -0.120. The molecule has 13 heteroatoms. The van der Waals surface area contributed by atoms with Crippen LogP contribution >= 0.6 is 0 Å². The molecule has 54 heavy (non-hydrogen) atoms. The summed E-state index contributed by atoms with van der Waals surface area (Å²) in [4.78, 5) is 49.8. The van der Waals surface area contributed by atoms with Crippen LogP contribution in [0.25, 0.3) is 11.3 Å². The van der Waals surface area contributed by atoms with Gasteiger partial charge in [-0.1, -0.05) is 6.58 Å². The van der Waals surface area contributed by atoms with Crippen molar-refractivity contribution in [2.24, 2.45) is 0 Å². The Morgan fingerprint density at radius 1 is 0.870 bits per heavy atom. The van der Waals surface area contributed by atoms with Gasteiger partial charge < -0.3 is 28.7 Å². The number of ether oxygens (including phenoxy) is 4. The summed E-state index contributed by atoms with van der Waals surface area (Å²) in [5.74, 6) is 1.61. The van der Waals surface area contributed by atoms with Crippen molar-refractivity contribution in [2.45, 2.75) is 50.9 Å². The third kappa shape index (κ3) is 7.51. The van der Waals surface area contributed by atoms with E-state index >= 15 is 0 Å². The average Bonchev–Trinajstić information content (AvgIpc) is 3.20. The second kappa shape index (κ2) is 15.9. The van der Waals surface area contributed by atoms with Crippen molar-refractivity contribution in [3.63, 3.8) is 0 Å². The van der Waals surface area contributed by atoms with Gasteiger partial charge in [0.15, 0.2) is 0 Å². The zero-order valence-electron chi connectivity index (χ0n) is 31.4. The Labute approximate surface area is 316 Å². The number of nitrogens with one attached hydrogen (secondary N) is 1. The number of fused-ring (bicyclic) bond motifs is 1. The van der Waals surface area contributed by atoms with Crippen LogP contribution in [0.4, 0.5) is 10.5 Å². The van der Waals surface area contributed by atoms with Crippen LogP contribution in [0.2, 0.25) is 0 Å². The van der Waals surface area contributed by atoms with Crippen molar-refractivity contribution in [1.82, 2.24) is 25.0 Å². The van der Waals surface area contributed by atoms with Crippen molar-refractivity contribution in [1.29, 1.82) is 0 Å². The zero-order chi connectivity index (χ0) is 37.9. The number of hydrogen-bond donors (Lipinski definition) is 1. The number of methoxy groups -OCH3 is 3. The van der Waals surface area contributed by atoms with Crippen LogP contribution in [0.1, 0.15) is 64.7 Å². The van der Waals surface area contributed by atoms with Gasteiger partial charge in [-0.3, -0.25) is 29.7 Å². The number of rotatable bonds is 10. The fraction of sp³-hybridized carbons (Fsp3) is 0.415. The second-order valence-electron chi connectivity index (χ2n) is 14.1. The highest BCUT2D eigenvalue weighted by molar-refractivity contribution is 6.07. The van der Waals surface area contributed by atoms with Gasteiger partial charge in [-0.2, -0.15) is 0 Å². The standard InChI is InChI=1S/C41H48N6O7/c1-26-32-23-42-14-8-31(32)33(24-44(26)2)28-21-37(52-4)34(38(22-28)53-5)25-45-15-9-29(10-16-45)54-30-11-17-46(18-12-30)40(49)27-6-7-36(51-3)35(20-27)47-19-13-39(48)43-41(47)50/h6-8,14,20-24,29-30H,1,9-13,15-19,25H2,2-5H3,(H,43,48,50). The Bertz CT molecular complexity index is 1940. The number of aromatic nitrogens is 1. The summed E-state index contributed by atoms with van der Waals surface area (Å²) < 4.78 is 24.0. The minimum Gasteiger partial charge on any atom is -0.496 e. The number of carbonyl (C=O) groups is 3. The highest BCUT2D eigenvalue weighted by atomic mass is 16.5. The van der Waals surface area contributed by atoms with Crippen molar-refractivity contribution >= 4 is 34.8 Å². The maximum atomic E-state index is 13.6. The first kappa shape index (κ1) is 36.9. The molecule has 1 N–H and O–H groups in total. The van der Waals surface area contributed by atoms with Crippen LogP contribution in [0.5, 0.6) is 17.2 Å². The van der Waals surface area contributed by atoms with Crippen LogP contribution in [0.15, 0.2) is 61.6 Å².